The molecule has 0 atom stereocenters. The number of aromatic nitrogens is 6. The van der Waals surface area contributed by atoms with E-state index in [0.717, 1.165) is 168 Å². The summed E-state index contributed by atoms with van der Waals surface area (Å²) in [4.78, 5) is 50.2. The molecular formula is C129H130Ir4N6O4-6. The normalized spacial score (nSPS) is 17.9. The monoisotopic (exact) mass is 2600 g/mol. The molecule has 8 bridgehead atoms. The molecule has 4 radical (unpaired) electrons. The van der Waals surface area contributed by atoms with Crippen molar-refractivity contribution in [2.24, 2.45) is 11.8 Å². The van der Waals surface area contributed by atoms with Crippen molar-refractivity contribution in [3.8, 4) is 67.5 Å². The Morgan fingerprint density at radius 1 is 0.315 bits per heavy atom. The predicted molar refractivity (Wildman–Crippen MR) is 571 cm³/mol. The molecule has 143 heavy (non-hydrogen) atoms. The summed E-state index contributed by atoms with van der Waals surface area (Å²) >= 11 is 0. The third-order valence-electron chi connectivity index (χ3n) is 29.8. The topological polar surface area (TPSA) is 152 Å². The minimum absolute atomic E-state index is 0. The van der Waals surface area contributed by atoms with Crippen molar-refractivity contribution in [3.05, 3.63) is 394 Å². The summed E-state index contributed by atoms with van der Waals surface area (Å²) in [6, 6.07) is 109. The molecular weight excluding hydrogens is 2470 g/mol. The Labute approximate surface area is 902 Å². The van der Waals surface area contributed by atoms with Crippen molar-refractivity contribution < 1.29 is 100 Å². The second kappa shape index (κ2) is 51.8. The maximum atomic E-state index is 11.7. The summed E-state index contributed by atoms with van der Waals surface area (Å²) in [7, 11) is 0. The van der Waals surface area contributed by atoms with Gasteiger partial charge in [0.1, 0.15) is 0 Å². The second-order valence-corrected chi connectivity index (χ2v) is 39.6. The number of benzene rings is 10. The van der Waals surface area contributed by atoms with Crippen molar-refractivity contribution in [1.82, 2.24) is 29.9 Å². The molecule has 4 fully saturated rings. The van der Waals surface area contributed by atoms with Crippen LogP contribution in [0.5, 0.6) is 0 Å². The summed E-state index contributed by atoms with van der Waals surface area (Å²) in [5, 5.41) is 23.3. The van der Waals surface area contributed by atoms with Crippen molar-refractivity contribution in [2.75, 3.05) is 0 Å². The van der Waals surface area contributed by atoms with Gasteiger partial charge in [-0.3, -0.25) is 29.5 Å². The van der Waals surface area contributed by atoms with Gasteiger partial charge in [0.05, 0.1) is 33.6 Å². The van der Waals surface area contributed by atoms with E-state index in [1.807, 2.05) is 156 Å². The standard InChI is InChI=1S/2C23H22N.2C21H18N.C13H24O2.C12H10N.C11H8N.C5H8O2.4Ir/c2*1-14-9-15(2)11-19(10-14)22-8-7-18-12-20-16-3-5-17(6-4-16)21(20)13-23(18)24-22;2*1-2-4-16(5-3-1)20-11-10-17-12-18-14-6-8-15(9-7-14)19(18)13-21(17)22-20;1-5-10(6-2)12(14)9-13(15)11(7-3)8-4;1-10-6-5-9-12(13-10)11-7-3-2-4-8-11;1-2-6-10(7-3-1)11-8-4-5-9-12-11;1-4(6)3-5(2)7;;;;/h2*7-10,12-13,16-17H,3-6H2,1-2H3;2*1-4,10-15H,6-9H2;9-11,14H,5-8H2,1-4H3;2-7,9H,1H3;1-6,8-9H;3,6H,1-2H3;;;;/q4*-1;;2*-1;;;;;. The first kappa shape index (κ1) is 109. The van der Waals surface area contributed by atoms with Crippen LogP contribution in [0.4, 0.5) is 0 Å². The molecule has 4 saturated carbocycles. The van der Waals surface area contributed by atoms with Crippen LogP contribution >= 0.6 is 0 Å². The van der Waals surface area contributed by atoms with Gasteiger partial charge in [0, 0.05) is 116 Å². The predicted octanol–water partition coefficient (Wildman–Crippen LogP) is 33.4. The van der Waals surface area contributed by atoms with Gasteiger partial charge in [0.2, 0.25) is 0 Å². The van der Waals surface area contributed by atoms with E-state index in [-0.39, 0.29) is 115 Å². The van der Waals surface area contributed by atoms with Crippen LogP contribution in [0.15, 0.2) is 285 Å². The van der Waals surface area contributed by atoms with Crippen LogP contribution in [-0.4, -0.2) is 51.7 Å². The maximum Gasteiger partial charge on any atom is 0.162 e. The Hall–Kier alpha value is -10.8. The van der Waals surface area contributed by atoms with Crippen LogP contribution in [0.25, 0.3) is 111 Å². The van der Waals surface area contributed by atoms with Gasteiger partial charge in [-0.05, 0) is 357 Å². The zero-order valence-corrected chi connectivity index (χ0v) is 93.7. The van der Waals surface area contributed by atoms with Crippen LogP contribution in [0.2, 0.25) is 0 Å². The first-order valence-electron chi connectivity index (χ1n) is 51.0. The molecule has 28 rings (SSSR count). The number of aliphatic hydroxyl groups excluding tert-OH is 2. The zero-order chi connectivity index (χ0) is 96.6. The third-order valence-corrected chi connectivity index (χ3v) is 29.8. The quantitative estimate of drug-likeness (QED) is 0.0611. The molecule has 6 heterocycles. The van der Waals surface area contributed by atoms with E-state index >= 15 is 0 Å². The molecule has 0 unspecified atom stereocenters. The van der Waals surface area contributed by atoms with E-state index in [2.05, 4.69) is 208 Å². The molecule has 742 valence electrons. The van der Waals surface area contributed by atoms with Gasteiger partial charge in [0.25, 0.3) is 0 Å². The summed E-state index contributed by atoms with van der Waals surface area (Å²) < 4.78 is 0. The number of allylic oxidation sites excluding steroid dienone is 4. The molecule has 0 amide bonds. The smallest absolute Gasteiger partial charge is 0.162 e. The van der Waals surface area contributed by atoms with Crippen molar-refractivity contribution in [2.45, 2.75) is 252 Å². The number of pyridine rings is 6. The number of hydrogen-bond donors (Lipinski definition) is 2. The Morgan fingerprint density at radius 3 is 0.860 bits per heavy atom. The molecule has 0 spiro atoms. The molecule has 0 aliphatic heterocycles. The van der Waals surface area contributed by atoms with E-state index in [0.29, 0.717) is 0 Å². The molecule has 2 N–H and O–H groups in total. The van der Waals surface area contributed by atoms with E-state index in [1.54, 1.807) is 50.7 Å². The van der Waals surface area contributed by atoms with Crippen LogP contribution < -0.4 is 0 Å². The van der Waals surface area contributed by atoms with Gasteiger partial charge < -0.3 is 20.2 Å². The third kappa shape index (κ3) is 27.3. The van der Waals surface area contributed by atoms with E-state index in [4.69, 9.17) is 25.0 Å². The number of carbonyl (C=O) groups is 2. The minimum Gasteiger partial charge on any atom is -0.512 e. The van der Waals surface area contributed by atoms with Crippen LogP contribution in [0.1, 0.15) is 290 Å². The molecule has 6 aromatic heterocycles. The van der Waals surface area contributed by atoms with E-state index < -0.39 is 0 Å². The first-order chi connectivity index (χ1) is 67.7. The second-order valence-electron chi connectivity index (χ2n) is 39.6. The number of hydrogen-bond acceptors (Lipinski definition) is 10. The number of carbonyl (C=O) groups excluding carboxylic acids is 2. The van der Waals surface area contributed by atoms with Gasteiger partial charge in [-0.15, -0.1) is 213 Å². The first-order valence-corrected chi connectivity index (χ1v) is 51.0. The fourth-order valence-electron chi connectivity index (χ4n) is 22.7. The largest absolute Gasteiger partial charge is 0.512 e. The van der Waals surface area contributed by atoms with Gasteiger partial charge in [-0.1, -0.05) is 128 Å². The summed E-state index contributed by atoms with van der Waals surface area (Å²) in [6.07, 6.45) is 29.9. The van der Waals surface area contributed by atoms with E-state index in [1.165, 1.54) is 173 Å². The molecule has 10 aromatic carbocycles. The number of aryl methyl sites for hydroxylation is 5. The summed E-state index contributed by atoms with van der Waals surface area (Å²) in [5.74, 6) is 6.76. The Kier molecular flexibility index (Phi) is 39.6. The van der Waals surface area contributed by atoms with Crippen LogP contribution in [0.3, 0.4) is 0 Å². The van der Waals surface area contributed by atoms with Crippen molar-refractivity contribution in [1.29, 1.82) is 0 Å². The van der Waals surface area contributed by atoms with Crippen molar-refractivity contribution in [3.63, 3.8) is 0 Å². The van der Waals surface area contributed by atoms with Gasteiger partial charge in [-0.25, -0.2) is 0 Å². The fourth-order valence-corrected chi connectivity index (χ4v) is 22.7. The SMILES string of the molecule is CC(=O)C=C(C)O.CCC(CC)C(=O)C=C(O)C(CC)CC.Cc1[c-]c(-c2ccc3cc4c(cc3n2)C2CCC4CC2)cc(C)c1.Cc1[c-]c(-c2ccc3cc4c(cc3n2)C2CCC4CC2)cc(C)c1.Cc1cccc(-c2[c-]cccc2)n1.[Ir].[Ir].[Ir].[Ir].[c-]1ccccc1-c1ccc2cc3c(cc2n1)C1CCC3CC1.[c-]1ccccc1-c1ccc2cc3c(cc2n1)C1CCC3CC1.[c-]1ccccc1-c1ccccn1. The average Bonchev–Trinajstić information content (AvgIpc) is 0.767. The average molecular weight is 2600 g/mol. The number of ketones is 2. The molecule has 16 aromatic rings. The van der Waals surface area contributed by atoms with Crippen LogP contribution in [-0.2, 0) is 90.0 Å². The molecule has 14 heteroatoms. The van der Waals surface area contributed by atoms with Gasteiger partial charge in [-0.2, -0.15) is 0 Å². The maximum absolute atomic E-state index is 11.7. The summed E-state index contributed by atoms with van der Waals surface area (Å²) in [5.41, 5.74) is 35.8. The fraction of sp³-hybridized carbons (Fsp3) is 0.318. The number of nitrogens with zero attached hydrogens (tertiary/aromatic N) is 6. The molecule has 12 aliphatic rings. The van der Waals surface area contributed by atoms with Gasteiger partial charge in [0.15, 0.2) is 11.6 Å². The van der Waals surface area contributed by atoms with Gasteiger partial charge >= 0.3 is 0 Å². The molecule has 10 nitrogen and oxygen atoms in total. The molecule has 0 saturated heterocycles. The Morgan fingerprint density at radius 2 is 0.601 bits per heavy atom. The zero-order valence-electron chi connectivity index (χ0n) is 84.1. The minimum atomic E-state index is -0.125. The Bertz CT molecular complexity index is 6650. The van der Waals surface area contributed by atoms with Crippen LogP contribution in [0, 0.1) is 82.9 Å². The van der Waals surface area contributed by atoms with E-state index in [9.17, 15) is 14.7 Å². The summed E-state index contributed by atoms with van der Waals surface area (Å²) in [6.45, 7) is 21.4. The van der Waals surface area contributed by atoms with Crippen molar-refractivity contribution >= 4 is 55.2 Å². The number of fused-ring (bicyclic) bond motifs is 12. The number of aliphatic hydroxyl groups is 2. The molecule has 12 aliphatic carbocycles. The number of rotatable bonds is 14. The Balaban J connectivity index is 0.000000140.